The van der Waals surface area contributed by atoms with E-state index in [1.807, 2.05) is 56.3 Å². The summed E-state index contributed by atoms with van der Waals surface area (Å²) in [6.07, 6.45) is 1.39. The van der Waals surface area contributed by atoms with Gasteiger partial charge in [0.15, 0.2) is 4.34 Å². The first-order valence-electron chi connectivity index (χ1n) is 9.72. The molecule has 6 heteroatoms. The quantitative estimate of drug-likeness (QED) is 0.579. The number of ether oxygens (including phenoxy) is 1. The zero-order valence-electron chi connectivity index (χ0n) is 16.6. The predicted octanol–water partition coefficient (Wildman–Crippen LogP) is 5.60. The van der Waals surface area contributed by atoms with E-state index in [2.05, 4.69) is 21.7 Å². The molecule has 0 radical (unpaired) electrons. The molecule has 1 aliphatic rings. The molecule has 29 heavy (non-hydrogen) atoms. The van der Waals surface area contributed by atoms with Crippen LogP contribution in [0, 0.1) is 13.8 Å². The number of aryl methyl sites for hydroxylation is 2. The third-order valence-electron chi connectivity index (χ3n) is 5.36. The lowest BCUT2D eigenvalue weighted by molar-refractivity contribution is -0.125. The van der Waals surface area contributed by atoms with E-state index in [9.17, 15) is 4.79 Å². The molecule has 1 saturated heterocycles. The number of amides is 1. The number of rotatable bonds is 5. The van der Waals surface area contributed by atoms with Gasteiger partial charge < -0.3 is 10.1 Å². The van der Waals surface area contributed by atoms with Crippen LogP contribution in [0.4, 0.5) is 5.69 Å². The van der Waals surface area contributed by atoms with E-state index >= 15 is 0 Å². The van der Waals surface area contributed by atoms with Gasteiger partial charge in [0.1, 0.15) is 0 Å². The van der Waals surface area contributed by atoms with E-state index in [4.69, 9.17) is 4.74 Å². The van der Waals surface area contributed by atoms with Crippen molar-refractivity contribution < 1.29 is 9.53 Å². The third kappa shape index (κ3) is 4.39. The number of hydrogen-bond acceptors (Lipinski definition) is 5. The normalized spacial score (nSPS) is 15.8. The van der Waals surface area contributed by atoms with Gasteiger partial charge in [-0.2, -0.15) is 0 Å². The minimum atomic E-state index is -0.544. The van der Waals surface area contributed by atoms with E-state index in [0.717, 1.165) is 31.7 Å². The highest BCUT2D eigenvalue weighted by atomic mass is 32.2. The minimum absolute atomic E-state index is 0.0473. The zero-order valence-corrected chi connectivity index (χ0v) is 18.2. The van der Waals surface area contributed by atoms with Crippen molar-refractivity contribution >= 4 is 34.7 Å². The van der Waals surface area contributed by atoms with Crippen LogP contribution in [0.1, 0.15) is 29.7 Å². The molecule has 3 aromatic rings. The van der Waals surface area contributed by atoms with Gasteiger partial charge in [-0.25, -0.2) is 4.98 Å². The molecule has 1 aromatic heterocycles. The topological polar surface area (TPSA) is 51.2 Å². The highest BCUT2D eigenvalue weighted by Gasteiger charge is 2.41. The molecule has 1 fully saturated rings. The van der Waals surface area contributed by atoms with Gasteiger partial charge in [0, 0.05) is 34.9 Å². The first-order valence-corrected chi connectivity index (χ1v) is 11.4. The number of hydrogen-bond donors (Lipinski definition) is 1. The van der Waals surface area contributed by atoms with Crippen LogP contribution < -0.4 is 5.32 Å². The van der Waals surface area contributed by atoms with Crippen molar-refractivity contribution in [1.29, 1.82) is 0 Å². The number of anilines is 1. The molecule has 0 bridgehead atoms. The largest absolute Gasteiger partial charge is 0.381 e. The molecule has 0 atom stereocenters. The summed E-state index contributed by atoms with van der Waals surface area (Å²) in [5, 5.41) is 5.25. The fourth-order valence-electron chi connectivity index (χ4n) is 3.69. The number of aromatic nitrogens is 1. The fraction of sp³-hybridized carbons (Fsp3) is 0.304. The maximum absolute atomic E-state index is 13.4. The van der Waals surface area contributed by atoms with Crippen LogP contribution in [0.25, 0.3) is 0 Å². The molecular formula is C23H24N2O2S2. The number of carbonyl (C=O) groups excluding carboxylic acids is 1. The van der Waals surface area contributed by atoms with Crippen molar-refractivity contribution in [3.63, 3.8) is 0 Å². The molecular weight excluding hydrogens is 400 g/mol. The van der Waals surface area contributed by atoms with Gasteiger partial charge in [-0.15, -0.1) is 11.3 Å². The predicted molar refractivity (Wildman–Crippen MR) is 119 cm³/mol. The van der Waals surface area contributed by atoms with Crippen LogP contribution in [0.2, 0.25) is 0 Å². The second-order valence-corrected chi connectivity index (χ2v) is 9.53. The molecule has 150 valence electrons. The molecule has 1 aliphatic heterocycles. The first-order chi connectivity index (χ1) is 14.1. The Bertz CT molecular complexity index is 995. The monoisotopic (exact) mass is 424 g/mol. The van der Waals surface area contributed by atoms with Gasteiger partial charge in [0.2, 0.25) is 5.91 Å². The minimum Gasteiger partial charge on any atom is -0.381 e. The van der Waals surface area contributed by atoms with Gasteiger partial charge in [0.05, 0.1) is 5.41 Å². The van der Waals surface area contributed by atoms with Crippen molar-refractivity contribution in [2.75, 3.05) is 18.5 Å². The highest BCUT2D eigenvalue weighted by molar-refractivity contribution is 8.01. The number of thiazole rings is 1. The Morgan fingerprint density at radius 3 is 2.55 bits per heavy atom. The first kappa shape index (κ1) is 20.1. The van der Waals surface area contributed by atoms with Crippen molar-refractivity contribution in [3.8, 4) is 0 Å². The van der Waals surface area contributed by atoms with Crippen LogP contribution in [0.15, 0.2) is 63.1 Å². The molecule has 4 rings (SSSR count). The Hall–Kier alpha value is -2.15. The van der Waals surface area contributed by atoms with E-state index in [1.165, 1.54) is 0 Å². The molecule has 4 nitrogen and oxygen atoms in total. The van der Waals surface area contributed by atoms with Crippen LogP contribution >= 0.6 is 23.1 Å². The van der Waals surface area contributed by atoms with Crippen molar-refractivity contribution in [2.24, 2.45) is 0 Å². The zero-order chi connectivity index (χ0) is 20.3. The van der Waals surface area contributed by atoms with Gasteiger partial charge in [-0.3, -0.25) is 4.79 Å². The van der Waals surface area contributed by atoms with Crippen molar-refractivity contribution in [2.45, 2.75) is 41.3 Å². The Morgan fingerprint density at radius 2 is 1.90 bits per heavy atom. The highest BCUT2D eigenvalue weighted by Crippen LogP contribution is 2.37. The number of nitrogens with one attached hydrogen (secondary N) is 1. The molecule has 0 spiro atoms. The Labute approximate surface area is 179 Å². The van der Waals surface area contributed by atoms with E-state index in [1.54, 1.807) is 23.1 Å². The standard InChI is InChI=1S/C23H24N2O2S2/c1-16-14-19(29-22-24-17(2)15-28-22)8-9-20(16)25-21(26)23(10-12-27-13-11-23)18-6-4-3-5-7-18/h3-9,14-15H,10-13H2,1-2H3,(H,25,26). The summed E-state index contributed by atoms with van der Waals surface area (Å²) in [6.45, 7) is 5.24. The molecule has 0 saturated carbocycles. The molecule has 0 aliphatic carbocycles. The summed E-state index contributed by atoms with van der Waals surface area (Å²) in [7, 11) is 0. The molecule has 0 unspecified atom stereocenters. The maximum atomic E-state index is 13.4. The van der Waals surface area contributed by atoms with Crippen LogP contribution in [-0.4, -0.2) is 24.1 Å². The van der Waals surface area contributed by atoms with Gasteiger partial charge in [-0.05, 0) is 56.0 Å². The van der Waals surface area contributed by atoms with Gasteiger partial charge in [-0.1, -0.05) is 42.1 Å². The average molecular weight is 425 g/mol. The summed E-state index contributed by atoms with van der Waals surface area (Å²) in [4.78, 5) is 19.1. The lowest BCUT2D eigenvalue weighted by Crippen LogP contribution is -2.44. The van der Waals surface area contributed by atoms with E-state index < -0.39 is 5.41 Å². The van der Waals surface area contributed by atoms with E-state index in [-0.39, 0.29) is 5.91 Å². The molecule has 2 heterocycles. The molecule has 1 N–H and O–H groups in total. The average Bonchev–Trinajstić information content (AvgIpc) is 3.15. The summed E-state index contributed by atoms with van der Waals surface area (Å²) in [5.41, 5.74) is 3.46. The second kappa shape index (κ2) is 8.69. The summed E-state index contributed by atoms with van der Waals surface area (Å²) >= 11 is 3.30. The summed E-state index contributed by atoms with van der Waals surface area (Å²) in [5.74, 6) is 0.0473. The van der Waals surface area contributed by atoms with Crippen LogP contribution in [0.3, 0.4) is 0 Å². The summed E-state index contributed by atoms with van der Waals surface area (Å²) in [6, 6.07) is 16.2. The number of benzene rings is 2. The van der Waals surface area contributed by atoms with Crippen LogP contribution in [0.5, 0.6) is 0 Å². The van der Waals surface area contributed by atoms with Gasteiger partial charge in [0.25, 0.3) is 0 Å². The molecule has 1 amide bonds. The maximum Gasteiger partial charge on any atom is 0.235 e. The fourth-order valence-corrected chi connectivity index (χ4v) is 5.60. The summed E-state index contributed by atoms with van der Waals surface area (Å²) < 4.78 is 6.59. The van der Waals surface area contributed by atoms with Crippen LogP contribution in [-0.2, 0) is 14.9 Å². The Morgan fingerprint density at radius 1 is 1.14 bits per heavy atom. The number of nitrogens with zero attached hydrogens (tertiary/aromatic N) is 1. The Balaban J connectivity index is 1.55. The van der Waals surface area contributed by atoms with Crippen molar-refractivity contribution in [1.82, 2.24) is 4.98 Å². The van der Waals surface area contributed by atoms with Gasteiger partial charge >= 0.3 is 0 Å². The van der Waals surface area contributed by atoms with Crippen molar-refractivity contribution in [3.05, 3.63) is 70.7 Å². The molecule has 2 aromatic carbocycles. The second-order valence-electron chi connectivity index (χ2n) is 7.35. The SMILES string of the molecule is Cc1csc(Sc2ccc(NC(=O)C3(c4ccccc4)CCOCC3)c(C)c2)n1. The lowest BCUT2D eigenvalue weighted by Gasteiger charge is -2.36. The lowest BCUT2D eigenvalue weighted by atomic mass is 9.73. The Kier molecular flexibility index (Phi) is 6.04. The smallest absolute Gasteiger partial charge is 0.235 e. The van der Waals surface area contributed by atoms with E-state index in [0.29, 0.717) is 26.1 Å². The number of carbonyl (C=O) groups is 1. The third-order valence-corrected chi connectivity index (χ3v) is 7.40.